The predicted molar refractivity (Wildman–Crippen MR) is 104 cm³/mol. The minimum atomic E-state index is -1.12. The van der Waals surface area contributed by atoms with Gasteiger partial charge >= 0.3 is 18.2 Å². The van der Waals surface area contributed by atoms with Crippen molar-refractivity contribution in [2.24, 2.45) is 5.92 Å². The molecule has 2 N–H and O–H groups in total. The van der Waals surface area contributed by atoms with Crippen molar-refractivity contribution in [2.75, 3.05) is 4.90 Å². The summed E-state index contributed by atoms with van der Waals surface area (Å²) in [6, 6.07) is -0.971. The van der Waals surface area contributed by atoms with E-state index in [-0.39, 0.29) is 17.5 Å². The fourth-order valence-corrected chi connectivity index (χ4v) is 3.37. The molecule has 2 rings (SSSR count). The molecule has 0 unspecified atom stereocenters. The first-order valence-electron chi connectivity index (χ1n) is 8.92. The van der Waals surface area contributed by atoms with E-state index in [0.29, 0.717) is 9.78 Å². The summed E-state index contributed by atoms with van der Waals surface area (Å²) in [5.41, 5.74) is -1.70. The third-order valence-electron chi connectivity index (χ3n) is 3.61. The highest BCUT2D eigenvalue weighted by Crippen LogP contribution is 2.30. The number of anilines is 1. The number of hydrogen-bond acceptors (Lipinski definition) is 8. The minimum absolute atomic E-state index is 0.00936. The predicted octanol–water partition coefficient (Wildman–Crippen LogP) is 2.56. The van der Waals surface area contributed by atoms with Crippen molar-refractivity contribution in [1.29, 1.82) is 0 Å². The van der Waals surface area contributed by atoms with Gasteiger partial charge in [0.2, 0.25) is 11.0 Å². The van der Waals surface area contributed by atoms with E-state index in [4.69, 9.17) is 14.6 Å². The lowest BCUT2D eigenvalue weighted by Gasteiger charge is -2.33. The largest absolute Gasteiger partial charge is 0.480 e. The lowest BCUT2D eigenvalue weighted by Crippen LogP contribution is -2.62. The number of carboxylic acids is 1. The Morgan fingerprint density at radius 1 is 1.14 bits per heavy atom. The SMILES string of the molecule is CC(C)(C)OC(=O)N(C(=O)OC(C)(C)C)c1ncc(C[C@H]2C(=O)N[C@H]2C(=O)O)s1. The number of β-lactam (4-membered cyclic amide) rings is 1. The Hall–Kier alpha value is -2.69. The molecular formula is C18H25N3O7S. The standard InChI is InChI=1S/C18H25N3O7S/c1-17(2,3)27-15(25)21(16(26)28-18(4,5)6)14-19-8-9(29-14)7-10-11(13(23)24)20-12(10)22/h8,10-11H,7H2,1-6H3,(H,20,22)(H,23,24)/t10-,11-/m1/s1. The summed E-state index contributed by atoms with van der Waals surface area (Å²) in [6.45, 7) is 9.96. The van der Waals surface area contributed by atoms with Crippen LogP contribution in [0.15, 0.2) is 6.20 Å². The number of thiazole rings is 1. The number of ether oxygens (including phenoxy) is 2. The van der Waals surface area contributed by atoms with Crippen molar-refractivity contribution >= 4 is 40.5 Å². The number of carbonyl (C=O) groups is 4. The molecule has 0 radical (unpaired) electrons. The third-order valence-corrected chi connectivity index (χ3v) is 4.61. The molecule has 1 aliphatic rings. The second kappa shape index (κ2) is 7.97. The molecule has 1 fully saturated rings. The number of rotatable bonds is 4. The Kier molecular flexibility index (Phi) is 6.21. The molecule has 0 bridgehead atoms. The van der Waals surface area contributed by atoms with Gasteiger partial charge in [-0.05, 0) is 48.0 Å². The van der Waals surface area contributed by atoms with Crippen LogP contribution >= 0.6 is 11.3 Å². The van der Waals surface area contributed by atoms with Crippen LogP contribution in [0.5, 0.6) is 0 Å². The van der Waals surface area contributed by atoms with Gasteiger partial charge in [0.15, 0.2) is 0 Å². The maximum absolute atomic E-state index is 12.6. The van der Waals surface area contributed by atoms with Gasteiger partial charge in [0.05, 0.1) is 5.92 Å². The molecular weight excluding hydrogens is 402 g/mol. The fraction of sp³-hybridized carbons (Fsp3) is 0.611. The Balaban J connectivity index is 2.25. The molecule has 2 heterocycles. The lowest BCUT2D eigenvalue weighted by molar-refractivity contribution is -0.153. The molecule has 160 valence electrons. The van der Waals surface area contributed by atoms with Crippen LogP contribution in [0.25, 0.3) is 0 Å². The van der Waals surface area contributed by atoms with Crippen LogP contribution in [0, 0.1) is 5.92 Å². The lowest BCUT2D eigenvalue weighted by atomic mass is 9.87. The summed E-state index contributed by atoms with van der Waals surface area (Å²) >= 11 is 0.983. The monoisotopic (exact) mass is 427 g/mol. The summed E-state index contributed by atoms with van der Waals surface area (Å²) in [7, 11) is 0. The van der Waals surface area contributed by atoms with Gasteiger partial charge in [0.25, 0.3) is 0 Å². The van der Waals surface area contributed by atoms with E-state index in [2.05, 4.69) is 10.3 Å². The van der Waals surface area contributed by atoms with Gasteiger partial charge in [-0.3, -0.25) is 4.79 Å². The summed E-state index contributed by atoms with van der Waals surface area (Å²) in [5.74, 6) is -2.23. The summed E-state index contributed by atoms with van der Waals surface area (Å²) in [5, 5.41) is 11.4. The number of imide groups is 1. The number of aliphatic carboxylic acids is 1. The minimum Gasteiger partial charge on any atom is -0.480 e. The van der Waals surface area contributed by atoms with Crippen LogP contribution in [-0.4, -0.2) is 51.4 Å². The molecule has 1 aromatic heterocycles. The van der Waals surface area contributed by atoms with Gasteiger partial charge in [0, 0.05) is 11.1 Å². The van der Waals surface area contributed by atoms with Crippen molar-refractivity contribution in [3.8, 4) is 0 Å². The second-order valence-electron chi connectivity index (χ2n) is 8.54. The number of aromatic nitrogens is 1. The zero-order chi connectivity index (χ0) is 22.1. The van der Waals surface area contributed by atoms with Gasteiger partial charge in [0.1, 0.15) is 17.2 Å². The number of amides is 3. The van der Waals surface area contributed by atoms with Crippen LogP contribution in [-0.2, 0) is 25.5 Å². The smallest absolute Gasteiger partial charge is 0.426 e. The molecule has 0 aliphatic carbocycles. The zero-order valence-electron chi connectivity index (χ0n) is 17.1. The van der Waals surface area contributed by atoms with Crippen LogP contribution < -0.4 is 10.2 Å². The van der Waals surface area contributed by atoms with E-state index >= 15 is 0 Å². The zero-order valence-corrected chi connectivity index (χ0v) is 18.0. The van der Waals surface area contributed by atoms with Crippen LogP contribution in [0.4, 0.5) is 14.7 Å². The average Bonchev–Trinajstić information content (AvgIpc) is 2.94. The Morgan fingerprint density at radius 2 is 1.66 bits per heavy atom. The van der Waals surface area contributed by atoms with E-state index in [1.165, 1.54) is 6.20 Å². The quantitative estimate of drug-likeness (QED) is 0.700. The fourth-order valence-electron chi connectivity index (χ4n) is 2.42. The van der Waals surface area contributed by atoms with Crippen molar-refractivity contribution in [3.63, 3.8) is 0 Å². The van der Waals surface area contributed by atoms with Crippen molar-refractivity contribution < 1.29 is 33.8 Å². The number of carboxylic acid groups (broad SMARTS) is 1. The van der Waals surface area contributed by atoms with Gasteiger partial charge < -0.3 is 19.9 Å². The van der Waals surface area contributed by atoms with E-state index in [1.54, 1.807) is 41.5 Å². The summed E-state index contributed by atoms with van der Waals surface area (Å²) < 4.78 is 10.6. The number of carbonyl (C=O) groups excluding carboxylic acids is 3. The topological polar surface area (TPSA) is 135 Å². The molecule has 0 spiro atoms. The molecule has 3 amide bonds. The van der Waals surface area contributed by atoms with E-state index in [9.17, 15) is 19.2 Å². The molecule has 1 saturated heterocycles. The number of hydrogen-bond donors (Lipinski definition) is 2. The van der Waals surface area contributed by atoms with Crippen LogP contribution in [0.3, 0.4) is 0 Å². The first-order valence-corrected chi connectivity index (χ1v) is 9.73. The van der Waals surface area contributed by atoms with Crippen molar-refractivity contribution in [3.05, 3.63) is 11.1 Å². The highest BCUT2D eigenvalue weighted by atomic mass is 32.1. The maximum Gasteiger partial charge on any atom is 0.426 e. The molecule has 1 aromatic rings. The van der Waals surface area contributed by atoms with E-state index in [0.717, 1.165) is 11.3 Å². The second-order valence-corrected chi connectivity index (χ2v) is 9.63. The molecule has 1 aliphatic heterocycles. The van der Waals surface area contributed by atoms with Gasteiger partial charge in [-0.25, -0.2) is 19.4 Å². The van der Waals surface area contributed by atoms with E-state index < -0.39 is 41.3 Å². The normalized spacial score (nSPS) is 19.0. The van der Waals surface area contributed by atoms with Crippen molar-refractivity contribution in [2.45, 2.75) is 65.2 Å². The average molecular weight is 427 g/mol. The maximum atomic E-state index is 12.6. The number of nitrogens with one attached hydrogen (secondary N) is 1. The molecule has 11 heteroatoms. The Morgan fingerprint density at radius 3 is 2.07 bits per heavy atom. The highest BCUT2D eigenvalue weighted by Gasteiger charge is 2.44. The molecule has 29 heavy (non-hydrogen) atoms. The Bertz CT molecular complexity index is 794. The first-order chi connectivity index (χ1) is 13.2. The van der Waals surface area contributed by atoms with E-state index in [1.807, 2.05) is 0 Å². The molecule has 0 saturated carbocycles. The van der Waals surface area contributed by atoms with Gasteiger partial charge in [-0.15, -0.1) is 11.3 Å². The van der Waals surface area contributed by atoms with Crippen molar-refractivity contribution in [1.82, 2.24) is 10.3 Å². The molecule has 10 nitrogen and oxygen atoms in total. The number of nitrogens with zero attached hydrogens (tertiary/aromatic N) is 2. The van der Waals surface area contributed by atoms with Crippen LogP contribution in [0.1, 0.15) is 46.4 Å². The molecule has 2 atom stereocenters. The Labute approximate surface area is 172 Å². The van der Waals surface area contributed by atoms with Gasteiger partial charge in [-0.1, -0.05) is 0 Å². The van der Waals surface area contributed by atoms with Gasteiger partial charge in [-0.2, -0.15) is 4.90 Å². The molecule has 0 aromatic carbocycles. The third kappa shape index (κ3) is 5.89. The summed E-state index contributed by atoms with van der Waals surface area (Å²) in [6.07, 6.45) is -0.377. The highest BCUT2D eigenvalue weighted by molar-refractivity contribution is 7.16. The van der Waals surface area contributed by atoms with Crippen LogP contribution in [0.2, 0.25) is 0 Å². The first kappa shape index (κ1) is 22.6. The summed E-state index contributed by atoms with van der Waals surface area (Å²) in [4.78, 5) is 53.3.